The highest BCUT2D eigenvalue weighted by molar-refractivity contribution is 5.91. The lowest BCUT2D eigenvalue weighted by Gasteiger charge is -2.29. The van der Waals surface area contributed by atoms with Crippen molar-refractivity contribution in [2.45, 2.75) is 18.9 Å². The molecule has 21 heavy (non-hydrogen) atoms. The standard InChI is InChI=1S/C15H21N3O3/c1-2-7-16-14(19)11-18-8-5-12(6-9-18)17-15(20)13-4-3-10-21-13/h2-4,10,12H,1,5-9,11H2,(H,16,19)(H,17,20)/p+1. The smallest absolute Gasteiger partial charge is 0.287 e. The molecule has 0 spiro atoms. The molecule has 1 aliphatic rings. The highest BCUT2D eigenvalue weighted by Crippen LogP contribution is 2.04. The molecule has 0 aromatic carbocycles. The molecule has 2 amide bonds. The van der Waals surface area contributed by atoms with Gasteiger partial charge in [0.15, 0.2) is 12.3 Å². The summed E-state index contributed by atoms with van der Waals surface area (Å²) in [5, 5.41) is 5.75. The van der Waals surface area contributed by atoms with Crippen molar-refractivity contribution in [3.8, 4) is 0 Å². The second-order valence-electron chi connectivity index (χ2n) is 5.24. The average molecular weight is 292 g/mol. The molecule has 0 atom stereocenters. The third-order valence-electron chi connectivity index (χ3n) is 3.63. The number of likely N-dealkylation sites (tertiary alicyclic amines) is 1. The van der Waals surface area contributed by atoms with Crippen LogP contribution in [-0.4, -0.2) is 44.0 Å². The molecule has 0 aliphatic carbocycles. The van der Waals surface area contributed by atoms with E-state index in [2.05, 4.69) is 17.2 Å². The molecule has 2 heterocycles. The topological polar surface area (TPSA) is 75.8 Å². The predicted molar refractivity (Wildman–Crippen MR) is 78.0 cm³/mol. The van der Waals surface area contributed by atoms with Crippen LogP contribution >= 0.6 is 0 Å². The first-order valence-electron chi connectivity index (χ1n) is 7.24. The molecule has 3 N–H and O–H groups in total. The van der Waals surface area contributed by atoms with Gasteiger partial charge in [-0.2, -0.15) is 0 Å². The van der Waals surface area contributed by atoms with E-state index in [4.69, 9.17) is 4.42 Å². The maximum absolute atomic E-state index is 11.9. The summed E-state index contributed by atoms with van der Waals surface area (Å²) in [6, 6.07) is 3.51. The van der Waals surface area contributed by atoms with Crippen LogP contribution in [0.25, 0.3) is 0 Å². The molecule has 0 radical (unpaired) electrons. The molecule has 1 aromatic heterocycles. The van der Waals surface area contributed by atoms with Gasteiger partial charge in [0.2, 0.25) is 0 Å². The molecule has 0 saturated carbocycles. The van der Waals surface area contributed by atoms with Crippen molar-refractivity contribution < 1.29 is 18.9 Å². The van der Waals surface area contributed by atoms with Crippen molar-refractivity contribution in [1.82, 2.24) is 10.6 Å². The fraction of sp³-hybridized carbons (Fsp3) is 0.467. The van der Waals surface area contributed by atoms with Crippen LogP contribution in [0.15, 0.2) is 35.5 Å². The van der Waals surface area contributed by atoms with Crippen molar-refractivity contribution in [2.24, 2.45) is 0 Å². The Morgan fingerprint density at radius 1 is 1.43 bits per heavy atom. The monoisotopic (exact) mass is 292 g/mol. The summed E-state index contributed by atoms with van der Waals surface area (Å²) in [6.45, 7) is 6.31. The van der Waals surface area contributed by atoms with Crippen molar-refractivity contribution in [2.75, 3.05) is 26.2 Å². The zero-order valence-corrected chi connectivity index (χ0v) is 12.1. The largest absolute Gasteiger partial charge is 0.459 e. The minimum absolute atomic E-state index is 0.0444. The maximum Gasteiger partial charge on any atom is 0.287 e. The lowest BCUT2D eigenvalue weighted by Crippen LogP contribution is -3.14. The molecule has 6 heteroatoms. The molecule has 114 valence electrons. The Bertz CT molecular complexity index is 476. The summed E-state index contributed by atoms with van der Waals surface area (Å²) in [4.78, 5) is 24.7. The van der Waals surface area contributed by atoms with Gasteiger partial charge in [0.25, 0.3) is 11.8 Å². The number of piperidine rings is 1. The fourth-order valence-corrected chi connectivity index (χ4v) is 2.49. The van der Waals surface area contributed by atoms with E-state index in [1.54, 1.807) is 18.2 Å². The van der Waals surface area contributed by atoms with Crippen molar-refractivity contribution in [3.05, 3.63) is 36.8 Å². The SMILES string of the molecule is C=CCNC(=O)C[NH+]1CCC(NC(=O)c2ccco2)CC1. The number of nitrogens with one attached hydrogen (secondary N) is 3. The van der Waals surface area contributed by atoms with Crippen LogP contribution in [0.3, 0.4) is 0 Å². The van der Waals surface area contributed by atoms with Crippen LogP contribution in [0.5, 0.6) is 0 Å². The third-order valence-corrected chi connectivity index (χ3v) is 3.63. The van der Waals surface area contributed by atoms with Crippen molar-refractivity contribution in [3.63, 3.8) is 0 Å². The predicted octanol–water partition coefficient (Wildman–Crippen LogP) is -0.641. The highest BCUT2D eigenvalue weighted by Gasteiger charge is 2.25. The van der Waals surface area contributed by atoms with Gasteiger partial charge in [-0.05, 0) is 12.1 Å². The van der Waals surface area contributed by atoms with Gasteiger partial charge in [-0.25, -0.2) is 0 Å². The number of quaternary nitrogens is 1. The molecule has 0 unspecified atom stereocenters. The van der Waals surface area contributed by atoms with Gasteiger partial charge in [-0.15, -0.1) is 6.58 Å². The second kappa shape index (κ2) is 7.64. The van der Waals surface area contributed by atoms with Gasteiger partial charge < -0.3 is 20.0 Å². The van der Waals surface area contributed by atoms with E-state index in [0.29, 0.717) is 18.8 Å². The summed E-state index contributed by atoms with van der Waals surface area (Å²) in [5.74, 6) is 0.216. The van der Waals surface area contributed by atoms with Crippen LogP contribution in [0.2, 0.25) is 0 Å². The summed E-state index contributed by atoms with van der Waals surface area (Å²) >= 11 is 0. The fourth-order valence-electron chi connectivity index (χ4n) is 2.49. The third kappa shape index (κ3) is 4.75. The molecular formula is C15H22N3O3+. The zero-order chi connectivity index (χ0) is 15.1. The van der Waals surface area contributed by atoms with Crippen molar-refractivity contribution in [1.29, 1.82) is 0 Å². The number of hydrogen-bond acceptors (Lipinski definition) is 3. The number of carbonyl (C=O) groups is 2. The van der Waals surface area contributed by atoms with Crippen LogP contribution < -0.4 is 15.5 Å². The normalized spacial score (nSPS) is 21.5. The van der Waals surface area contributed by atoms with E-state index in [9.17, 15) is 9.59 Å². The molecule has 1 saturated heterocycles. The van der Waals surface area contributed by atoms with E-state index in [1.165, 1.54) is 11.2 Å². The van der Waals surface area contributed by atoms with E-state index < -0.39 is 0 Å². The highest BCUT2D eigenvalue weighted by atomic mass is 16.3. The summed E-state index contributed by atoms with van der Waals surface area (Å²) < 4.78 is 5.07. The molecule has 1 aromatic rings. The first-order valence-corrected chi connectivity index (χ1v) is 7.24. The summed E-state index contributed by atoms with van der Waals surface area (Å²) in [6.07, 6.45) is 4.90. The summed E-state index contributed by atoms with van der Waals surface area (Å²) in [7, 11) is 0. The van der Waals surface area contributed by atoms with Crippen LogP contribution in [0.4, 0.5) is 0 Å². The Balaban J connectivity index is 1.69. The maximum atomic E-state index is 11.9. The minimum atomic E-state index is -0.169. The Labute approximate surface area is 124 Å². The molecule has 0 bridgehead atoms. The Morgan fingerprint density at radius 2 is 2.19 bits per heavy atom. The van der Waals surface area contributed by atoms with E-state index in [0.717, 1.165) is 25.9 Å². The molecule has 1 fully saturated rings. The second-order valence-corrected chi connectivity index (χ2v) is 5.24. The van der Waals surface area contributed by atoms with Crippen LogP contribution in [-0.2, 0) is 4.79 Å². The van der Waals surface area contributed by atoms with E-state index in [-0.39, 0.29) is 17.9 Å². The summed E-state index contributed by atoms with van der Waals surface area (Å²) in [5.41, 5.74) is 0. The lowest BCUT2D eigenvalue weighted by molar-refractivity contribution is -0.897. The quantitative estimate of drug-likeness (QED) is 0.611. The Morgan fingerprint density at radius 3 is 2.81 bits per heavy atom. The van der Waals surface area contributed by atoms with Gasteiger partial charge >= 0.3 is 0 Å². The van der Waals surface area contributed by atoms with Gasteiger partial charge in [0.1, 0.15) is 0 Å². The number of hydrogen-bond donors (Lipinski definition) is 3. The van der Waals surface area contributed by atoms with Gasteiger partial charge in [-0.3, -0.25) is 9.59 Å². The van der Waals surface area contributed by atoms with E-state index >= 15 is 0 Å². The first-order chi connectivity index (χ1) is 10.2. The molecule has 1 aliphatic heterocycles. The van der Waals surface area contributed by atoms with E-state index in [1.807, 2.05) is 0 Å². The molecule has 6 nitrogen and oxygen atoms in total. The van der Waals surface area contributed by atoms with Crippen molar-refractivity contribution >= 4 is 11.8 Å². The number of amides is 2. The number of rotatable bonds is 6. The average Bonchev–Trinajstić information content (AvgIpc) is 3.01. The lowest BCUT2D eigenvalue weighted by atomic mass is 10.0. The molecule has 2 rings (SSSR count). The molecular weight excluding hydrogens is 270 g/mol. The zero-order valence-electron chi connectivity index (χ0n) is 12.1. The Hall–Kier alpha value is -2.08. The van der Waals surface area contributed by atoms with Gasteiger partial charge in [0.05, 0.1) is 19.4 Å². The number of carbonyl (C=O) groups excluding carboxylic acids is 2. The first kappa shape index (κ1) is 15.3. The minimum Gasteiger partial charge on any atom is -0.459 e. The number of furan rings is 1. The van der Waals surface area contributed by atoms with Crippen LogP contribution in [0, 0.1) is 0 Å². The van der Waals surface area contributed by atoms with Gasteiger partial charge in [-0.1, -0.05) is 6.08 Å². The van der Waals surface area contributed by atoms with Gasteiger partial charge in [0, 0.05) is 25.4 Å². The van der Waals surface area contributed by atoms with Crippen LogP contribution in [0.1, 0.15) is 23.4 Å². The Kier molecular flexibility index (Phi) is 5.57.